The maximum Gasteiger partial charge on any atom is 0.227 e. The van der Waals surface area contributed by atoms with Crippen molar-refractivity contribution in [2.24, 2.45) is 0 Å². The van der Waals surface area contributed by atoms with Crippen LogP contribution in [0.1, 0.15) is 29.2 Å². The van der Waals surface area contributed by atoms with E-state index in [0.717, 1.165) is 22.4 Å². The van der Waals surface area contributed by atoms with Gasteiger partial charge in [-0.2, -0.15) is 10.5 Å². The molecule has 0 bridgehead atoms. The summed E-state index contributed by atoms with van der Waals surface area (Å²) in [6, 6.07) is 15.1. The van der Waals surface area contributed by atoms with Gasteiger partial charge < -0.3 is 10.6 Å². The molecule has 1 aromatic heterocycles. The molecule has 6 nitrogen and oxygen atoms in total. The molecule has 1 atom stereocenters. The zero-order chi connectivity index (χ0) is 21.3. The molecule has 0 saturated carbocycles. The molecule has 1 unspecified atom stereocenters. The first kappa shape index (κ1) is 19.4. The molecule has 0 saturated heterocycles. The van der Waals surface area contributed by atoms with Gasteiger partial charge in [-0.25, -0.2) is 9.97 Å². The fourth-order valence-electron chi connectivity index (χ4n) is 3.57. The van der Waals surface area contributed by atoms with Crippen LogP contribution >= 0.6 is 0 Å². The van der Waals surface area contributed by atoms with Crippen molar-refractivity contribution in [3.63, 3.8) is 0 Å². The summed E-state index contributed by atoms with van der Waals surface area (Å²) in [5.74, 6) is 0.371. The van der Waals surface area contributed by atoms with Crippen molar-refractivity contribution in [2.45, 2.75) is 19.3 Å². The Bertz CT molecular complexity index is 1220. The van der Waals surface area contributed by atoms with E-state index in [1.165, 1.54) is 0 Å². The van der Waals surface area contributed by atoms with Crippen LogP contribution in [0, 0.1) is 29.6 Å². The fraction of sp³-hybridized carbons (Fsp3) is 0.217. The molecule has 1 aliphatic heterocycles. The maximum atomic E-state index is 13.8. The molecule has 0 aliphatic carbocycles. The highest BCUT2D eigenvalue weighted by Gasteiger charge is 2.36. The number of halogens is 1. The van der Waals surface area contributed by atoms with Crippen LogP contribution in [0.5, 0.6) is 0 Å². The van der Waals surface area contributed by atoms with E-state index < -0.39 is 12.1 Å². The Kier molecular flexibility index (Phi) is 4.81. The van der Waals surface area contributed by atoms with Crippen LogP contribution in [-0.2, 0) is 5.41 Å². The molecule has 0 amide bonds. The summed E-state index contributed by atoms with van der Waals surface area (Å²) >= 11 is 0. The number of nitrogens with zero attached hydrogens (tertiary/aromatic N) is 4. The van der Waals surface area contributed by atoms with Gasteiger partial charge >= 0.3 is 0 Å². The van der Waals surface area contributed by atoms with Gasteiger partial charge in [0.25, 0.3) is 0 Å². The Hall–Kier alpha value is -3.97. The average Bonchev–Trinajstić information content (AvgIpc) is 3.12. The highest BCUT2D eigenvalue weighted by atomic mass is 19.1. The summed E-state index contributed by atoms with van der Waals surface area (Å²) in [5.41, 5.74) is 4.84. The van der Waals surface area contributed by atoms with Crippen LogP contribution in [-0.4, -0.2) is 23.2 Å². The average molecular weight is 398 g/mol. The van der Waals surface area contributed by atoms with Crippen LogP contribution in [0.15, 0.2) is 42.6 Å². The van der Waals surface area contributed by atoms with Crippen LogP contribution in [0.25, 0.3) is 11.3 Å². The van der Waals surface area contributed by atoms with E-state index in [2.05, 4.69) is 32.7 Å². The lowest BCUT2D eigenvalue weighted by Gasteiger charge is -2.20. The number of hydrogen-bond acceptors (Lipinski definition) is 6. The standard InChI is InChI=1S/C23H19FN6/c1-14-3-4-15(10-25)7-20(14)30-22-27-6-5-19(29-22)16-8-17(11-26)21-18(9-16)23(2,12-24)13-28-21/h3-9,28H,12-13H2,1-2H3,(H,27,29,30). The van der Waals surface area contributed by atoms with Gasteiger partial charge in [0.05, 0.1) is 28.6 Å². The molecule has 30 heavy (non-hydrogen) atoms. The number of alkyl halides is 1. The zero-order valence-corrected chi connectivity index (χ0v) is 16.6. The lowest BCUT2D eigenvalue weighted by atomic mass is 9.84. The normalized spacial score (nSPS) is 16.8. The van der Waals surface area contributed by atoms with Crippen LogP contribution in [0.4, 0.5) is 21.7 Å². The molecule has 148 valence electrons. The first-order chi connectivity index (χ1) is 14.5. The minimum atomic E-state index is -0.681. The minimum absolute atomic E-state index is 0.371. The number of hydrogen-bond donors (Lipinski definition) is 2. The van der Waals surface area contributed by atoms with E-state index in [4.69, 9.17) is 5.26 Å². The first-order valence-corrected chi connectivity index (χ1v) is 9.47. The maximum absolute atomic E-state index is 13.8. The van der Waals surface area contributed by atoms with Crippen molar-refractivity contribution >= 4 is 17.3 Å². The topological polar surface area (TPSA) is 97.4 Å². The van der Waals surface area contributed by atoms with Crippen LogP contribution in [0.3, 0.4) is 0 Å². The van der Waals surface area contributed by atoms with Gasteiger partial charge in [-0.1, -0.05) is 13.0 Å². The number of nitrogens with one attached hydrogen (secondary N) is 2. The number of nitriles is 2. The molecular weight excluding hydrogens is 379 g/mol. The quantitative estimate of drug-likeness (QED) is 0.667. The van der Waals surface area contributed by atoms with Gasteiger partial charge in [-0.05, 0) is 48.4 Å². The number of anilines is 3. The monoisotopic (exact) mass is 398 g/mol. The van der Waals surface area contributed by atoms with E-state index in [-0.39, 0.29) is 0 Å². The van der Waals surface area contributed by atoms with Gasteiger partial charge in [0.15, 0.2) is 0 Å². The lowest BCUT2D eigenvalue weighted by Crippen LogP contribution is -2.26. The van der Waals surface area contributed by atoms with E-state index in [1.807, 2.05) is 26.0 Å². The van der Waals surface area contributed by atoms with E-state index >= 15 is 0 Å². The largest absolute Gasteiger partial charge is 0.383 e. The number of aromatic nitrogens is 2. The molecule has 4 rings (SSSR count). The fourth-order valence-corrected chi connectivity index (χ4v) is 3.57. The molecule has 2 aromatic carbocycles. The third-order valence-electron chi connectivity index (χ3n) is 5.42. The van der Waals surface area contributed by atoms with Crippen molar-refractivity contribution in [3.8, 4) is 23.4 Å². The van der Waals surface area contributed by atoms with Crippen molar-refractivity contribution in [3.05, 3.63) is 64.8 Å². The molecule has 0 spiro atoms. The number of aryl methyl sites for hydroxylation is 1. The summed E-state index contributed by atoms with van der Waals surface area (Å²) in [5, 5.41) is 25.0. The molecule has 1 aliphatic rings. The van der Waals surface area contributed by atoms with Crippen LogP contribution in [0.2, 0.25) is 0 Å². The van der Waals surface area contributed by atoms with Crippen molar-refractivity contribution < 1.29 is 4.39 Å². The summed E-state index contributed by atoms with van der Waals surface area (Å²) in [7, 11) is 0. The van der Waals surface area contributed by atoms with E-state index in [0.29, 0.717) is 35.0 Å². The molecule has 2 heterocycles. The van der Waals surface area contributed by atoms with Gasteiger partial charge in [0, 0.05) is 29.4 Å². The number of rotatable bonds is 4. The van der Waals surface area contributed by atoms with Gasteiger partial charge in [-0.3, -0.25) is 4.39 Å². The molecule has 2 N–H and O–H groups in total. The summed E-state index contributed by atoms with van der Waals surface area (Å²) < 4.78 is 13.8. The number of benzene rings is 2. The van der Waals surface area contributed by atoms with Crippen molar-refractivity contribution in [2.75, 3.05) is 23.9 Å². The predicted octanol–water partition coefficient (Wildman–Crippen LogP) is 4.59. The lowest BCUT2D eigenvalue weighted by molar-refractivity contribution is 0.351. The predicted molar refractivity (Wildman–Crippen MR) is 113 cm³/mol. The van der Waals surface area contributed by atoms with Crippen molar-refractivity contribution in [1.29, 1.82) is 10.5 Å². The Morgan fingerprint density at radius 2 is 2.03 bits per heavy atom. The van der Waals surface area contributed by atoms with E-state index in [1.54, 1.807) is 30.5 Å². The molecule has 7 heteroatoms. The minimum Gasteiger partial charge on any atom is -0.383 e. The number of fused-ring (bicyclic) bond motifs is 1. The van der Waals surface area contributed by atoms with Gasteiger partial charge in [-0.15, -0.1) is 0 Å². The smallest absolute Gasteiger partial charge is 0.227 e. The Morgan fingerprint density at radius 3 is 2.77 bits per heavy atom. The highest BCUT2D eigenvalue weighted by Crippen LogP contribution is 2.41. The summed E-state index contributed by atoms with van der Waals surface area (Å²) in [6.07, 6.45) is 1.63. The first-order valence-electron chi connectivity index (χ1n) is 9.47. The second-order valence-corrected chi connectivity index (χ2v) is 7.64. The Balaban J connectivity index is 1.75. The van der Waals surface area contributed by atoms with Crippen molar-refractivity contribution in [1.82, 2.24) is 9.97 Å². The van der Waals surface area contributed by atoms with Gasteiger partial charge in [0.1, 0.15) is 12.7 Å². The molecule has 3 aromatic rings. The third-order valence-corrected chi connectivity index (χ3v) is 5.42. The molecule has 0 fully saturated rings. The van der Waals surface area contributed by atoms with E-state index in [9.17, 15) is 9.65 Å². The third kappa shape index (κ3) is 3.31. The van der Waals surface area contributed by atoms with Crippen LogP contribution < -0.4 is 10.6 Å². The zero-order valence-electron chi connectivity index (χ0n) is 16.6. The SMILES string of the molecule is Cc1ccc(C#N)cc1Nc1nccc(-c2cc(C#N)c3c(c2)C(C)(CF)CN3)n1. The second-order valence-electron chi connectivity index (χ2n) is 7.64. The molecular formula is C23H19FN6. The molecule has 0 radical (unpaired) electrons. The summed E-state index contributed by atoms with van der Waals surface area (Å²) in [6.45, 7) is 3.70. The van der Waals surface area contributed by atoms with Gasteiger partial charge in [0.2, 0.25) is 5.95 Å². The second kappa shape index (κ2) is 7.46. The summed E-state index contributed by atoms with van der Waals surface area (Å²) in [4.78, 5) is 8.85. The Morgan fingerprint density at radius 1 is 1.20 bits per heavy atom. The highest BCUT2D eigenvalue weighted by molar-refractivity contribution is 5.76. The Labute approximate surface area is 174 Å².